The van der Waals surface area contributed by atoms with E-state index in [0.29, 0.717) is 6.42 Å². The largest absolute Gasteiger partial charge is 0.378 e. The number of rotatable bonds is 11. The molecule has 1 amide bonds. The van der Waals surface area contributed by atoms with Gasteiger partial charge >= 0.3 is 0 Å². The summed E-state index contributed by atoms with van der Waals surface area (Å²) in [5.41, 5.74) is 5.81. The second-order valence-corrected chi connectivity index (χ2v) is 13.4. The third kappa shape index (κ3) is 6.18. The van der Waals surface area contributed by atoms with E-state index >= 15 is 0 Å². The first-order valence-corrected chi connectivity index (χ1v) is 14.4. The maximum Gasteiger partial charge on any atom is 0.233 e. The molecule has 0 saturated heterocycles. The molecule has 3 rings (SSSR count). The van der Waals surface area contributed by atoms with E-state index in [2.05, 4.69) is 135 Å². The Labute approximate surface area is 217 Å². The standard InChI is InChI=1S/C29H40N5OP/c1-32(2)23-10-16-26(17-11-23)36(22-8-7-9-29(35)31-30,27-18-12-24(13-19-27)33(3)4)28-20-14-25(15-21-28)34(5)6/h10-21H,7-9,22,30H2,1-6H3/p+1. The Morgan fingerprint density at radius 3 is 1.25 bits per heavy atom. The maximum atomic E-state index is 11.8. The van der Waals surface area contributed by atoms with Crippen molar-refractivity contribution in [1.29, 1.82) is 0 Å². The normalized spacial score (nSPS) is 11.2. The third-order valence-corrected chi connectivity index (χ3v) is 11.3. The van der Waals surface area contributed by atoms with E-state index in [1.165, 1.54) is 33.0 Å². The van der Waals surface area contributed by atoms with Gasteiger partial charge in [0.25, 0.3) is 0 Å². The van der Waals surface area contributed by atoms with Gasteiger partial charge in [0.05, 0.1) is 6.16 Å². The highest BCUT2D eigenvalue weighted by molar-refractivity contribution is 7.95. The molecular formula is C29H41N5OP+. The first kappa shape index (κ1) is 27.5. The Balaban J connectivity index is 2.17. The summed E-state index contributed by atoms with van der Waals surface area (Å²) in [6, 6.07) is 27.1. The van der Waals surface area contributed by atoms with E-state index in [1.807, 2.05) is 0 Å². The molecule has 6 nitrogen and oxygen atoms in total. The van der Waals surface area contributed by atoms with Crippen LogP contribution in [0.2, 0.25) is 0 Å². The summed E-state index contributed by atoms with van der Waals surface area (Å²) in [5.74, 6) is 5.21. The topological polar surface area (TPSA) is 64.8 Å². The molecule has 3 aromatic rings. The van der Waals surface area contributed by atoms with Gasteiger partial charge in [-0.3, -0.25) is 10.2 Å². The fourth-order valence-corrected chi connectivity index (χ4v) is 8.90. The van der Waals surface area contributed by atoms with Crippen LogP contribution >= 0.6 is 7.26 Å². The van der Waals surface area contributed by atoms with Gasteiger partial charge in [0, 0.05) is 65.8 Å². The van der Waals surface area contributed by atoms with Gasteiger partial charge in [0.1, 0.15) is 23.2 Å². The fraction of sp³-hybridized carbons (Fsp3) is 0.345. The van der Waals surface area contributed by atoms with E-state index < -0.39 is 7.26 Å². The lowest BCUT2D eigenvalue weighted by Gasteiger charge is -2.29. The van der Waals surface area contributed by atoms with E-state index in [4.69, 9.17) is 5.84 Å². The molecule has 0 aliphatic rings. The molecule has 0 bridgehead atoms. The van der Waals surface area contributed by atoms with Crippen molar-refractivity contribution in [3.8, 4) is 0 Å². The van der Waals surface area contributed by atoms with Crippen LogP contribution in [0, 0.1) is 0 Å². The highest BCUT2D eigenvalue weighted by Gasteiger charge is 2.45. The quantitative estimate of drug-likeness (QED) is 0.137. The predicted octanol–water partition coefficient (Wildman–Crippen LogP) is 3.34. The number of hydrogen-bond donors (Lipinski definition) is 2. The highest BCUT2D eigenvalue weighted by Crippen LogP contribution is 2.56. The number of carbonyl (C=O) groups excluding carboxylic acids is 1. The van der Waals surface area contributed by atoms with Gasteiger partial charge in [-0.05, 0) is 85.6 Å². The van der Waals surface area contributed by atoms with Crippen LogP contribution < -0.4 is 41.9 Å². The number of hydrazine groups is 1. The van der Waals surface area contributed by atoms with Crippen LogP contribution in [0.1, 0.15) is 19.3 Å². The Hall–Kier alpha value is -3.08. The molecule has 0 aromatic heterocycles. The zero-order chi connectivity index (χ0) is 26.3. The van der Waals surface area contributed by atoms with Crippen LogP contribution in [0.5, 0.6) is 0 Å². The summed E-state index contributed by atoms with van der Waals surface area (Å²) < 4.78 is 0. The fourth-order valence-electron chi connectivity index (χ4n) is 4.56. The highest BCUT2D eigenvalue weighted by atomic mass is 31.2. The lowest BCUT2D eigenvalue weighted by molar-refractivity contribution is -0.121. The number of nitrogens with zero attached hydrogens (tertiary/aromatic N) is 3. The number of nitrogens with two attached hydrogens (primary N) is 1. The molecule has 0 atom stereocenters. The minimum atomic E-state index is -1.99. The number of nitrogens with one attached hydrogen (secondary N) is 1. The second-order valence-electron chi connectivity index (χ2n) is 9.79. The third-order valence-electron chi connectivity index (χ3n) is 6.73. The molecule has 3 aromatic carbocycles. The van der Waals surface area contributed by atoms with Crippen molar-refractivity contribution in [2.45, 2.75) is 19.3 Å². The first-order chi connectivity index (χ1) is 17.2. The van der Waals surface area contributed by atoms with E-state index in [1.54, 1.807) is 0 Å². The number of hydrogen-bond acceptors (Lipinski definition) is 5. The van der Waals surface area contributed by atoms with Crippen LogP contribution in [-0.4, -0.2) is 54.4 Å². The van der Waals surface area contributed by atoms with Gasteiger partial charge in [-0.1, -0.05) is 0 Å². The summed E-state index contributed by atoms with van der Waals surface area (Å²) in [5, 5.41) is 4.06. The predicted molar refractivity (Wildman–Crippen MR) is 159 cm³/mol. The molecule has 0 radical (unpaired) electrons. The number of carbonyl (C=O) groups is 1. The average molecular weight is 507 g/mol. The molecule has 0 unspecified atom stereocenters. The van der Waals surface area contributed by atoms with Gasteiger partial charge in [-0.25, -0.2) is 5.84 Å². The molecule has 36 heavy (non-hydrogen) atoms. The van der Waals surface area contributed by atoms with Crippen molar-refractivity contribution in [2.75, 3.05) is 63.1 Å². The maximum absolute atomic E-state index is 11.8. The van der Waals surface area contributed by atoms with Gasteiger partial charge in [-0.15, -0.1) is 0 Å². The van der Waals surface area contributed by atoms with Gasteiger partial charge in [0.2, 0.25) is 5.91 Å². The minimum Gasteiger partial charge on any atom is -0.378 e. The second kappa shape index (κ2) is 12.2. The summed E-state index contributed by atoms with van der Waals surface area (Å²) in [7, 11) is 10.4. The van der Waals surface area contributed by atoms with E-state index in [0.717, 1.165) is 19.0 Å². The van der Waals surface area contributed by atoms with Crippen LogP contribution in [-0.2, 0) is 4.79 Å². The molecule has 0 saturated carbocycles. The lowest BCUT2D eigenvalue weighted by Crippen LogP contribution is -2.34. The van der Waals surface area contributed by atoms with Gasteiger partial charge in [-0.2, -0.15) is 0 Å². The van der Waals surface area contributed by atoms with Crippen molar-refractivity contribution in [3.05, 3.63) is 72.8 Å². The summed E-state index contributed by atoms with van der Waals surface area (Å²) in [6.07, 6.45) is 3.15. The molecule has 192 valence electrons. The number of amides is 1. The molecule has 0 aliphatic carbocycles. The summed E-state index contributed by atoms with van der Waals surface area (Å²) in [4.78, 5) is 18.2. The first-order valence-electron chi connectivity index (χ1n) is 12.4. The average Bonchev–Trinajstić information content (AvgIpc) is 2.89. The Morgan fingerprint density at radius 2 is 0.972 bits per heavy atom. The van der Waals surface area contributed by atoms with Crippen molar-refractivity contribution in [2.24, 2.45) is 5.84 Å². The number of unbranched alkanes of at least 4 members (excludes halogenated alkanes) is 1. The van der Waals surface area contributed by atoms with E-state index in [-0.39, 0.29) is 5.91 Å². The zero-order valence-corrected chi connectivity index (χ0v) is 23.4. The summed E-state index contributed by atoms with van der Waals surface area (Å²) >= 11 is 0. The lowest BCUT2D eigenvalue weighted by atomic mass is 10.2. The number of benzene rings is 3. The molecule has 0 aliphatic heterocycles. The molecule has 0 heterocycles. The Morgan fingerprint density at radius 1 is 0.639 bits per heavy atom. The van der Waals surface area contributed by atoms with Crippen LogP contribution in [0.25, 0.3) is 0 Å². The van der Waals surface area contributed by atoms with Crippen LogP contribution in [0.4, 0.5) is 17.1 Å². The van der Waals surface area contributed by atoms with Crippen molar-refractivity contribution in [1.82, 2.24) is 5.43 Å². The zero-order valence-electron chi connectivity index (χ0n) is 22.5. The van der Waals surface area contributed by atoms with Gasteiger partial charge in [0.15, 0.2) is 0 Å². The van der Waals surface area contributed by atoms with Crippen molar-refractivity contribution < 1.29 is 4.79 Å². The van der Waals surface area contributed by atoms with Gasteiger partial charge < -0.3 is 14.7 Å². The minimum absolute atomic E-state index is 0.111. The van der Waals surface area contributed by atoms with Crippen LogP contribution in [0.15, 0.2) is 72.8 Å². The Kier molecular flexibility index (Phi) is 9.36. The summed E-state index contributed by atoms with van der Waals surface area (Å²) in [6.45, 7) is 0. The number of anilines is 3. The van der Waals surface area contributed by atoms with E-state index in [9.17, 15) is 4.79 Å². The molecule has 0 fully saturated rings. The van der Waals surface area contributed by atoms with Crippen molar-refractivity contribution >= 4 is 46.1 Å². The molecule has 7 heteroatoms. The van der Waals surface area contributed by atoms with Crippen LogP contribution in [0.3, 0.4) is 0 Å². The molecule has 0 spiro atoms. The monoisotopic (exact) mass is 506 g/mol. The molecular weight excluding hydrogens is 465 g/mol. The SMILES string of the molecule is CN(C)c1ccc([P+](CCCCC(=O)NN)(c2ccc(N(C)C)cc2)c2ccc(N(C)C)cc2)cc1. The Bertz CT molecular complexity index is 985. The molecule has 3 N–H and O–H groups in total. The van der Waals surface area contributed by atoms with Crippen molar-refractivity contribution in [3.63, 3.8) is 0 Å². The smallest absolute Gasteiger partial charge is 0.233 e.